The van der Waals surface area contributed by atoms with Crippen LogP contribution in [0.4, 0.5) is 18.9 Å². The van der Waals surface area contributed by atoms with E-state index in [-0.39, 0.29) is 10.7 Å². The molecule has 0 N–H and O–H groups in total. The first kappa shape index (κ1) is 17.5. The van der Waals surface area contributed by atoms with Crippen molar-refractivity contribution in [3.05, 3.63) is 28.8 Å². The Morgan fingerprint density at radius 3 is 2.73 bits per heavy atom. The molecule has 1 unspecified atom stereocenters. The van der Waals surface area contributed by atoms with E-state index >= 15 is 0 Å². The van der Waals surface area contributed by atoms with Crippen molar-refractivity contribution < 1.29 is 13.2 Å². The van der Waals surface area contributed by atoms with Gasteiger partial charge in [0.25, 0.3) is 0 Å². The number of nitrogens with zero attached hydrogens (tertiary/aromatic N) is 2. The van der Waals surface area contributed by atoms with Crippen molar-refractivity contribution >= 4 is 34.2 Å². The van der Waals surface area contributed by atoms with Gasteiger partial charge < -0.3 is 4.90 Å². The van der Waals surface area contributed by atoms with Crippen LogP contribution in [0.2, 0.25) is 5.02 Å². The number of thioether (sulfide) groups is 1. The van der Waals surface area contributed by atoms with Gasteiger partial charge in [0.1, 0.15) is 0 Å². The van der Waals surface area contributed by atoms with Crippen molar-refractivity contribution in [3.63, 3.8) is 0 Å². The Kier molecular flexibility index (Phi) is 5.33. The van der Waals surface area contributed by atoms with Gasteiger partial charge in [0.15, 0.2) is 5.17 Å². The third-order valence-electron chi connectivity index (χ3n) is 3.96. The minimum atomic E-state index is -4.47. The first-order valence-electron chi connectivity index (χ1n) is 7.05. The summed E-state index contributed by atoms with van der Waals surface area (Å²) in [5.74, 6) is 1.42. The standard InChI is InChI=1S/C15H18ClF3N2S/c1-4-9(2)13-8-22-14(21(13)3)20-10-5-6-12(16)11(7-10)15(17,18)19/h5-7,9,13H,4,8H2,1-3H3/t9?,13-/m1/s1. The number of hydrogen-bond donors (Lipinski definition) is 0. The third-order valence-corrected chi connectivity index (χ3v) is 5.44. The van der Waals surface area contributed by atoms with E-state index in [2.05, 4.69) is 23.7 Å². The molecule has 1 aromatic carbocycles. The topological polar surface area (TPSA) is 15.6 Å². The molecule has 1 aromatic rings. The lowest BCUT2D eigenvalue weighted by molar-refractivity contribution is -0.137. The maximum absolute atomic E-state index is 12.9. The van der Waals surface area contributed by atoms with Crippen LogP contribution in [0, 0.1) is 5.92 Å². The molecule has 1 aliphatic rings. The summed E-state index contributed by atoms with van der Waals surface area (Å²) in [6, 6.07) is 4.12. The zero-order chi connectivity index (χ0) is 16.5. The van der Waals surface area contributed by atoms with Gasteiger partial charge >= 0.3 is 6.18 Å². The van der Waals surface area contributed by atoms with Gasteiger partial charge in [-0.05, 0) is 24.1 Å². The largest absolute Gasteiger partial charge is 0.417 e. The number of amidine groups is 1. The third kappa shape index (κ3) is 3.71. The SMILES string of the molecule is CCC(C)[C@H]1CSC(=Nc2ccc(Cl)c(C(F)(F)F)c2)N1C. The van der Waals surface area contributed by atoms with Gasteiger partial charge in [0, 0.05) is 18.8 Å². The number of halogens is 4. The van der Waals surface area contributed by atoms with Crippen LogP contribution < -0.4 is 0 Å². The summed E-state index contributed by atoms with van der Waals surface area (Å²) in [6.45, 7) is 4.31. The minimum Gasteiger partial charge on any atom is -0.350 e. The van der Waals surface area contributed by atoms with Crippen LogP contribution in [0.15, 0.2) is 23.2 Å². The molecular weight excluding hydrogens is 333 g/mol. The predicted molar refractivity (Wildman–Crippen MR) is 87.0 cm³/mol. The first-order chi connectivity index (χ1) is 10.2. The minimum absolute atomic E-state index is 0.274. The molecule has 122 valence electrons. The lowest BCUT2D eigenvalue weighted by atomic mass is 10.0. The van der Waals surface area contributed by atoms with Crippen molar-refractivity contribution in [1.82, 2.24) is 4.90 Å². The van der Waals surface area contributed by atoms with Crippen LogP contribution in [0.25, 0.3) is 0 Å². The lowest BCUT2D eigenvalue weighted by Crippen LogP contribution is -2.34. The fourth-order valence-electron chi connectivity index (χ4n) is 2.36. The molecule has 2 rings (SSSR count). The Bertz CT molecular complexity index is 574. The molecule has 0 amide bonds. The molecule has 7 heteroatoms. The van der Waals surface area contributed by atoms with Crippen LogP contribution in [0.1, 0.15) is 25.8 Å². The molecule has 0 radical (unpaired) electrons. The Labute approximate surface area is 137 Å². The highest BCUT2D eigenvalue weighted by molar-refractivity contribution is 8.14. The molecule has 0 bridgehead atoms. The lowest BCUT2D eigenvalue weighted by Gasteiger charge is -2.25. The zero-order valence-corrected chi connectivity index (χ0v) is 14.2. The van der Waals surface area contributed by atoms with E-state index in [1.165, 1.54) is 12.1 Å². The van der Waals surface area contributed by atoms with Crippen molar-refractivity contribution in [2.24, 2.45) is 10.9 Å². The van der Waals surface area contributed by atoms with Crippen LogP contribution in [0.5, 0.6) is 0 Å². The highest BCUT2D eigenvalue weighted by Crippen LogP contribution is 2.37. The predicted octanol–water partition coefficient (Wildman–Crippen LogP) is 5.44. The Hall–Kier alpha value is -0.880. The first-order valence-corrected chi connectivity index (χ1v) is 8.41. The molecule has 0 aliphatic carbocycles. The quantitative estimate of drug-likeness (QED) is 0.721. The Balaban J connectivity index is 2.27. The van der Waals surface area contributed by atoms with E-state index in [0.717, 1.165) is 23.4 Å². The van der Waals surface area contributed by atoms with Crippen LogP contribution in [-0.2, 0) is 6.18 Å². The Morgan fingerprint density at radius 2 is 2.14 bits per heavy atom. The highest BCUT2D eigenvalue weighted by Gasteiger charge is 2.34. The second-order valence-electron chi connectivity index (χ2n) is 5.43. The van der Waals surface area contributed by atoms with Crippen LogP contribution in [0.3, 0.4) is 0 Å². The molecule has 1 saturated heterocycles. The maximum atomic E-state index is 12.9. The van der Waals surface area contributed by atoms with Crippen molar-refractivity contribution in [2.75, 3.05) is 12.8 Å². The van der Waals surface area contributed by atoms with E-state index in [1.54, 1.807) is 11.8 Å². The van der Waals surface area contributed by atoms with E-state index in [4.69, 9.17) is 11.6 Å². The monoisotopic (exact) mass is 350 g/mol. The number of aliphatic imine (C=N–C) groups is 1. The molecule has 1 heterocycles. The summed E-state index contributed by atoms with van der Waals surface area (Å²) in [7, 11) is 1.94. The summed E-state index contributed by atoms with van der Waals surface area (Å²) in [6.07, 6.45) is -3.41. The summed E-state index contributed by atoms with van der Waals surface area (Å²) < 4.78 is 38.7. The molecule has 2 nitrogen and oxygen atoms in total. The molecule has 22 heavy (non-hydrogen) atoms. The average molecular weight is 351 g/mol. The molecule has 1 aliphatic heterocycles. The highest BCUT2D eigenvalue weighted by atomic mass is 35.5. The van der Waals surface area contributed by atoms with Gasteiger partial charge in [-0.25, -0.2) is 4.99 Å². The number of rotatable bonds is 3. The average Bonchev–Trinajstić information content (AvgIpc) is 2.80. The van der Waals surface area contributed by atoms with Crippen LogP contribution >= 0.6 is 23.4 Å². The fourth-order valence-corrected chi connectivity index (χ4v) is 3.96. The summed E-state index contributed by atoms with van der Waals surface area (Å²) in [5.41, 5.74) is -0.573. The van der Waals surface area contributed by atoms with Crippen molar-refractivity contribution in [3.8, 4) is 0 Å². The van der Waals surface area contributed by atoms with Gasteiger partial charge in [-0.15, -0.1) is 0 Å². The summed E-state index contributed by atoms with van der Waals surface area (Å²) >= 11 is 7.20. The van der Waals surface area contributed by atoms with Crippen molar-refractivity contribution in [1.29, 1.82) is 0 Å². The number of hydrogen-bond acceptors (Lipinski definition) is 2. The number of benzene rings is 1. The van der Waals surface area contributed by atoms with E-state index in [9.17, 15) is 13.2 Å². The molecule has 1 fully saturated rings. The van der Waals surface area contributed by atoms with Gasteiger partial charge in [-0.1, -0.05) is 43.6 Å². The zero-order valence-electron chi connectivity index (χ0n) is 12.6. The smallest absolute Gasteiger partial charge is 0.350 e. The van der Waals surface area contributed by atoms with Gasteiger partial charge in [-0.3, -0.25) is 0 Å². The van der Waals surface area contributed by atoms with Crippen LogP contribution in [-0.4, -0.2) is 28.9 Å². The van der Waals surface area contributed by atoms with E-state index < -0.39 is 11.7 Å². The van der Waals surface area contributed by atoms with Gasteiger partial charge in [-0.2, -0.15) is 13.2 Å². The van der Waals surface area contributed by atoms with Gasteiger partial charge in [0.2, 0.25) is 0 Å². The molecule has 2 atom stereocenters. The summed E-state index contributed by atoms with van der Waals surface area (Å²) in [5, 5.41) is 0.446. The second-order valence-corrected chi connectivity index (χ2v) is 6.83. The molecule has 0 spiro atoms. The van der Waals surface area contributed by atoms with E-state index in [0.29, 0.717) is 12.0 Å². The second kappa shape index (κ2) is 6.71. The fraction of sp³-hybridized carbons (Fsp3) is 0.533. The molecular formula is C15H18ClF3N2S. The number of alkyl halides is 3. The van der Waals surface area contributed by atoms with E-state index in [1.807, 2.05) is 7.05 Å². The molecule has 0 aromatic heterocycles. The van der Waals surface area contributed by atoms with Gasteiger partial charge in [0.05, 0.1) is 16.3 Å². The maximum Gasteiger partial charge on any atom is 0.417 e. The Morgan fingerprint density at radius 1 is 1.45 bits per heavy atom. The molecule has 0 saturated carbocycles. The summed E-state index contributed by atoms with van der Waals surface area (Å²) in [4.78, 5) is 6.42. The van der Waals surface area contributed by atoms with Crippen molar-refractivity contribution in [2.45, 2.75) is 32.5 Å². The normalized spacial score (nSPS) is 22.4.